The van der Waals surface area contributed by atoms with Gasteiger partial charge in [-0.15, -0.1) is 11.3 Å². The summed E-state index contributed by atoms with van der Waals surface area (Å²) in [6, 6.07) is 5.61. The average molecular weight is 264 g/mol. The lowest BCUT2D eigenvalue weighted by Crippen LogP contribution is -2.19. The van der Waals surface area contributed by atoms with Crippen LogP contribution >= 0.6 is 11.3 Å². The number of aliphatic hydroxyl groups is 1. The summed E-state index contributed by atoms with van der Waals surface area (Å²) in [7, 11) is 1.61. The quantitative estimate of drug-likeness (QED) is 0.866. The van der Waals surface area contributed by atoms with Crippen LogP contribution in [0.2, 0.25) is 0 Å². The van der Waals surface area contributed by atoms with E-state index in [-0.39, 0.29) is 5.92 Å². The Morgan fingerprint density at radius 2 is 2.17 bits per heavy atom. The van der Waals surface area contributed by atoms with Crippen molar-refractivity contribution in [3.05, 3.63) is 46.4 Å². The number of hydrogen-bond donors (Lipinski definition) is 2. The number of methoxy groups -OCH3 is 1. The van der Waals surface area contributed by atoms with Crippen molar-refractivity contribution in [1.29, 1.82) is 0 Å². The molecular formula is C13H16N2O2S. The second-order valence-corrected chi connectivity index (χ2v) is 4.90. The molecule has 0 spiro atoms. The predicted molar refractivity (Wildman–Crippen MR) is 71.9 cm³/mol. The van der Waals surface area contributed by atoms with Crippen molar-refractivity contribution in [1.82, 2.24) is 4.98 Å². The third-order valence-corrected chi connectivity index (χ3v) is 3.87. The predicted octanol–water partition coefficient (Wildman–Crippen LogP) is 1.93. The molecule has 0 aliphatic rings. The Hall–Kier alpha value is -1.43. The number of pyridine rings is 1. The van der Waals surface area contributed by atoms with E-state index in [4.69, 9.17) is 10.5 Å². The molecule has 0 bridgehead atoms. The van der Waals surface area contributed by atoms with Crippen molar-refractivity contribution < 1.29 is 9.84 Å². The molecule has 2 unspecified atom stereocenters. The number of nitrogens with zero attached hydrogens (tertiary/aromatic N) is 1. The van der Waals surface area contributed by atoms with Crippen molar-refractivity contribution >= 4 is 11.3 Å². The molecule has 0 saturated heterocycles. The topological polar surface area (TPSA) is 68.4 Å². The van der Waals surface area contributed by atoms with Gasteiger partial charge in [0.1, 0.15) is 5.75 Å². The van der Waals surface area contributed by atoms with E-state index in [1.807, 2.05) is 23.6 Å². The van der Waals surface area contributed by atoms with Gasteiger partial charge < -0.3 is 15.6 Å². The Morgan fingerprint density at radius 3 is 2.72 bits per heavy atom. The maximum absolute atomic E-state index is 10.4. The first-order valence-electron chi connectivity index (χ1n) is 5.66. The zero-order chi connectivity index (χ0) is 13.0. The minimum atomic E-state index is -0.619. The monoisotopic (exact) mass is 264 g/mol. The summed E-state index contributed by atoms with van der Waals surface area (Å²) in [5.74, 6) is 0.635. The lowest BCUT2D eigenvalue weighted by Gasteiger charge is -2.20. The molecule has 2 aromatic heterocycles. The van der Waals surface area contributed by atoms with Crippen molar-refractivity contribution in [3.63, 3.8) is 0 Å². The maximum Gasteiger partial charge on any atom is 0.129 e. The minimum absolute atomic E-state index is 0.128. The molecule has 0 radical (unpaired) electrons. The van der Waals surface area contributed by atoms with E-state index in [2.05, 4.69) is 4.98 Å². The highest BCUT2D eigenvalue weighted by atomic mass is 32.1. The largest absolute Gasteiger partial charge is 0.496 e. The average Bonchev–Trinajstić information content (AvgIpc) is 2.89. The molecule has 3 N–H and O–H groups in total. The van der Waals surface area contributed by atoms with E-state index in [9.17, 15) is 5.11 Å². The minimum Gasteiger partial charge on any atom is -0.496 e. The SMILES string of the molecule is COc1csc(C(O)C(CN)c2ccncc2)c1. The van der Waals surface area contributed by atoms with Gasteiger partial charge in [-0.05, 0) is 23.8 Å². The van der Waals surface area contributed by atoms with Crippen LogP contribution in [0.1, 0.15) is 22.5 Å². The third kappa shape index (κ3) is 2.69. The van der Waals surface area contributed by atoms with Crippen LogP contribution in [0, 0.1) is 0 Å². The van der Waals surface area contributed by atoms with Gasteiger partial charge in [0.05, 0.1) is 13.2 Å². The second-order valence-electron chi connectivity index (χ2n) is 3.96. The normalized spacial score (nSPS) is 14.2. The summed E-state index contributed by atoms with van der Waals surface area (Å²) in [5, 5.41) is 12.3. The van der Waals surface area contributed by atoms with E-state index in [1.165, 1.54) is 11.3 Å². The van der Waals surface area contributed by atoms with Crippen LogP contribution in [0.5, 0.6) is 5.75 Å². The van der Waals surface area contributed by atoms with Crippen LogP contribution in [0.3, 0.4) is 0 Å². The van der Waals surface area contributed by atoms with E-state index in [1.54, 1.807) is 19.5 Å². The van der Waals surface area contributed by atoms with Gasteiger partial charge >= 0.3 is 0 Å². The molecule has 0 amide bonds. The van der Waals surface area contributed by atoms with Gasteiger partial charge in [-0.2, -0.15) is 0 Å². The van der Waals surface area contributed by atoms with E-state index >= 15 is 0 Å². The number of nitrogens with two attached hydrogens (primary N) is 1. The number of thiophene rings is 1. The molecular weight excluding hydrogens is 248 g/mol. The van der Waals surface area contributed by atoms with Gasteiger partial charge in [0.2, 0.25) is 0 Å². The van der Waals surface area contributed by atoms with E-state index in [0.717, 1.165) is 16.2 Å². The number of hydrogen-bond acceptors (Lipinski definition) is 5. The van der Waals surface area contributed by atoms with Crippen LogP contribution in [0.4, 0.5) is 0 Å². The molecule has 18 heavy (non-hydrogen) atoms. The van der Waals surface area contributed by atoms with Gasteiger partial charge in [-0.1, -0.05) is 0 Å². The summed E-state index contributed by atoms with van der Waals surface area (Å²) < 4.78 is 5.12. The van der Waals surface area contributed by atoms with Gasteiger partial charge in [0.15, 0.2) is 0 Å². The van der Waals surface area contributed by atoms with Crippen LogP contribution in [0.15, 0.2) is 36.0 Å². The fraction of sp³-hybridized carbons (Fsp3) is 0.308. The van der Waals surface area contributed by atoms with Crippen LogP contribution < -0.4 is 10.5 Å². The first kappa shape index (κ1) is 13.0. The Labute approximate surface area is 110 Å². The van der Waals surface area contributed by atoms with Gasteiger partial charge in [0, 0.05) is 35.1 Å². The smallest absolute Gasteiger partial charge is 0.129 e. The molecule has 0 aliphatic heterocycles. The molecule has 0 fully saturated rings. The Balaban J connectivity index is 2.22. The molecule has 5 heteroatoms. The maximum atomic E-state index is 10.4. The van der Waals surface area contributed by atoms with E-state index in [0.29, 0.717) is 6.54 Å². The molecule has 2 rings (SSSR count). The van der Waals surface area contributed by atoms with Crippen LogP contribution in [-0.4, -0.2) is 23.7 Å². The standard InChI is InChI=1S/C13H16N2O2S/c1-17-10-6-12(18-8-10)13(16)11(7-14)9-2-4-15-5-3-9/h2-6,8,11,13,16H,7,14H2,1H3. The van der Waals surface area contributed by atoms with Crippen molar-refractivity contribution in [2.75, 3.05) is 13.7 Å². The summed E-state index contributed by atoms with van der Waals surface area (Å²) in [6.07, 6.45) is 2.80. The Morgan fingerprint density at radius 1 is 1.44 bits per heavy atom. The van der Waals surface area contributed by atoms with Crippen molar-refractivity contribution in [2.45, 2.75) is 12.0 Å². The highest BCUT2D eigenvalue weighted by molar-refractivity contribution is 7.10. The first-order valence-corrected chi connectivity index (χ1v) is 6.54. The fourth-order valence-corrected chi connectivity index (χ4v) is 2.76. The first-order chi connectivity index (χ1) is 8.76. The number of rotatable bonds is 5. The number of ether oxygens (including phenoxy) is 1. The lowest BCUT2D eigenvalue weighted by molar-refractivity contribution is 0.151. The van der Waals surface area contributed by atoms with Crippen molar-refractivity contribution in [3.8, 4) is 5.75 Å². The summed E-state index contributed by atoms with van der Waals surface area (Å²) in [4.78, 5) is 4.83. The molecule has 0 aromatic carbocycles. The zero-order valence-corrected chi connectivity index (χ0v) is 10.9. The van der Waals surface area contributed by atoms with E-state index < -0.39 is 6.10 Å². The van der Waals surface area contributed by atoms with Crippen molar-refractivity contribution in [2.24, 2.45) is 5.73 Å². The zero-order valence-electron chi connectivity index (χ0n) is 10.1. The van der Waals surface area contributed by atoms with Gasteiger partial charge in [-0.3, -0.25) is 4.98 Å². The van der Waals surface area contributed by atoms with Gasteiger partial charge in [-0.25, -0.2) is 0 Å². The summed E-state index contributed by atoms with van der Waals surface area (Å²) >= 11 is 1.47. The lowest BCUT2D eigenvalue weighted by atomic mass is 9.93. The molecule has 2 aromatic rings. The number of aromatic nitrogens is 1. The van der Waals surface area contributed by atoms with Crippen LogP contribution in [-0.2, 0) is 0 Å². The molecule has 0 saturated carbocycles. The second kappa shape index (κ2) is 5.95. The highest BCUT2D eigenvalue weighted by Gasteiger charge is 2.23. The fourth-order valence-electron chi connectivity index (χ4n) is 1.85. The Bertz CT molecular complexity index is 487. The molecule has 96 valence electrons. The summed E-state index contributed by atoms with van der Waals surface area (Å²) in [5.41, 5.74) is 6.77. The highest BCUT2D eigenvalue weighted by Crippen LogP contribution is 2.35. The Kier molecular flexibility index (Phi) is 4.30. The van der Waals surface area contributed by atoms with Crippen LogP contribution in [0.25, 0.3) is 0 Å². The third-order valence-electron chi connectivity index (χ3n) is 2.89. The van der Waals surface area contributed by atoms with Gasteiger partial charge in [0.25, 0.3) is 0 Å². The molecule has 0 aliphatic carbocycles. The number of aliphatic hydroxyl groups excluding tert-OH is 1. The molecule has 4 nitrogen and oxygen atoms in total. The molecule has 2 heterocycles. The summed E-state index contributed by atoms with van der Waals surface area (Å²) in [6.45, 7) is 0.380. The molecule has 2 atom stereocenters.